The normalized spacial score (nSPS) is 23.2. The summed E-state index contributed by atoms with van der Waals surface area (Å²) in [5, 5.41) is 3.70. The lowest BCUT2D eigenvalue weighted by molar-refractivity contribution is -0.125. The number of pyridine rings is 1. The van der Waals surface area contributed by atoms with Gasteiger partial charge in [0.25, 0.3) is 0 Å². The Kier molecular flexibility index (Phi) is 9.14. The highest BCUT2D eigenvalue weighted by atomic mass is 19.2. The van der Waals surface area contributed by atoms with E-state index >= 15 is 8.78 Å². The number of nitrogens with one attached hydrogen (secondary N) is 1. The van der Waals surface area contributed by atoms with Crippen LogP contribution in [0.3, 0.4) is 0 Å². The third-order valence-electron chi connectivity index (χ3n) is 10.3. The Bertz CT molecular complexity index is 1910. The summed E-state index contributed by atoms with van der Waals surface area (Å²) < 4.78 is 66.5. The molecule has 0 aliphatic carbocycles. The maximum Gasteiger partial charge on any atom is 0.319 e. The van der Waals surface area contributed by atoms with E-state index in [4.69, 9.17) is 4.74 Å². The second-order valence-corrected chi connectivity index (χ2v) is 13.3. The Morgan fingerprint density at radius 3 is 2.69 bits per heavy atom. The molecule has 4 aliphatic heterocycles. The Labute approximate surface area is 283 Å². The van der Waals surface area contributed by atoms with Crippen molar-refractivity contribution in [3.63, 3.8) is 0 Å². The molecule has 0 unspecified atom stereocenters. The number of likely N-dealkylation sites (tertiary alicyclic amines) is 1. The summed E-state index contributed by atoms with van der Waals surface area (Å²) in [5.74, 6) is -2.83. The number of hydrogen-bond acceptors (Lipinski definition) is 8. The van der Waals surface area contributed by atoms with Gasteiger partial charge in [-0.2, -0.15) is 9.97 Å². The van der Waals surface area contributed by atoms with Crippen LogP contribution < -0.4 is 15.0 Å². The molecule has 2 aromatic heterocycles. The maximum atomic E-state index is 16.6. The molecule has 3 atom stereocenters. The first-order valence-corrected chi connectivity index (χ1v) is 16.8. The van der Waals surface area contributed by atoms with Crippen molar-refractivity contribution in [2.75, 3.05) is 57.8 Å². The van der Waals surface area contributed by atoms with Crippen molar-refractivity contribution >= 4 is 33.4 Å². The number of amides is 1. The fourth-order valence-corrected chi connectivity index (χ4v) is 7.43. The van der Waals surface area contributed by atoms with Gasteiger partial charge in [-0.25, -0.2) is 17.6 Å². The van der Waals surface area contributed by atoms with Crippen molar-refractivity contribution in [1.82, 2.24) is 30.1 Å². The summed E-state index contributed by atoms with van der Waals surface area (Å²) in [6.07, 6.45) is 5.81. The second-order valence-electron chi connectivity index (χ2n) is 13.3. The summed E-state index contributed by atoms with van der Waals surface area (Å²) >= 11 is 0. The van der Waals surface area contributed by atoms with E-state index in [2.05, 4.69) is 31.7 Å². The summed E-state index contributed by atoms with van der Waals surface area (Å²) in [6.45, 7) is 8.28. The van der Waals surface area contributed by atoms with Crippen LogP contribution in [0.5, 0.6) is 6.01 Å². The van der Waals surface area contributed by atoms with Gasteiger partial charge >= 0.3 is 6.01 Å². The molecule has 49 heavy (non-hydrogen) atoms. The van der Waals surface area contributed by atoms with Crippen LogP contribution in [0.4, 0.5) is 23.4 Å². The van der Waals surface area contributed by atoms with E-state index in [1.807, 2.05) is 4.90 Å². The zero-order chi connectivity index (χ0) is 34.3. The highest BCUT2D eigenvalue weighted by Gasteiger charge is 2.49. The second kappa shape index (κ2) is 13.5. The summed E-state index contributed by atoms with van der Waals surface area (Å²) in [5.41, 5.74) is -0.702. The van der Waals surface area contributed by atoms with Crippen molar-refractivity contribution in [1.29, 1.82) is 0 Å². The standard InChI is InChI=1S/C33H32F4N6O2.C3H7N.H2/c1-3-25(44)42-13-10-21(17-42)41(2)31-23-15-38-29(22-7-4-6-19-8-9-24(35)27(36)26(19)22)28(37)30(23)39-32(40-31)45-18-33-11-5-12-43(33)16-20(34)14-33;1-2-4-3-1;/h3-4,6-9,15,20-21H,1,5,10-14,16-18H2,2H3;4H,1-3H2;1H/t20-,21-,33+;;/m1../s1. The molecule has 260 valence electrons. The molecule has 13 heteroatoms. The van der Waals surface area contributed by atoms with E-state index in [9.17, 15) is 13.6 Å². The largest absolute Gasteiger partial charge is 0.461 e. The SMILES string of the molecule is C1CNC1.C=CC(=O)N1CC[C@@H](N(C)c2nc(OC[C@@]34CCCN3C[C@H](F)C4)nc3c(F)c(-c4cccc5ccc(F)c(F)c45)ncc23)C1.[HH]. The predicted octanol–water partition coefficient (Wildman–Crippen LogP) is 5.67. The van der Waals surface area contributed by atoms with Gasteiger partial charge in [0.15, 0.2) is 17.5 Å². The summed E-state index contributed by atoms with van der Waals surface area (Å²) in [7, 11) is 1.80. The number of anilines is 1. The third-order valence-corrected chi connectivity index (χ3v) is 10.3. The molecule has 4 aliphatic rings. The number of carbonyl (C=O) groups excluding carboxylic acids is 1. The summed E-state index contributed by atoms with van der Waals surface area (Å²) in [6, 6.07) is 6.93. The number of carbonyl (C=O) groups is 1. The number of benzene rings is 2. The average molecular weight is 680 g/mol. The number of likely N-dealkylation sites (N-methyl/N-ethyl adjacent to an activating group) is 1. The number of nitrogens with zero attached hydrogens (tertiary/aromatic N) is 6. The van der Waals surface area contributed by atoms with Gasteiger partial charge in [0.1, 0.15) is 29.8 Å². The number of ether oxygens (including phenoxy) is 1. The first-order chi connectivity index (χ1) is 23.7. The van der Waals surface area contributed by atoms with Gasteiger partial charge in [0.05, 0.1) is 10.9 Å². The van der Waals surface area contributed by atoms with E-state index in [1.54, 1.807) is 24.1 Å². The Morgan fingerprint density at radius 2 is 1.94 bits per heavy atom. The lowest BCUT2D eigenvalue weighted by atomic mass is 9.95. The van der Waals surface area contributed by atoms with Crippen LogP contribution in [-0.4, -0.2) is 101 Å². The van der Waals surface area contributed by atoms with Gasteiger partial charge in [-0.1, -0.05) is 30.8 Å². The minimum atomic E-state index is -1.10. The van der Waals surface area contributed by atoms with Gasteiger partial charge in [-0.3, -0.25) is 14.7 Å². The Balaban J connectivity index is 0.000000808. The minimum Gasteiger partial charge on any atom is -0.461 e. The van der Waals surface area contributed by atoms with Crippen molar-refractivity contribution in [2.24, 2.45) is 0 Å². The van der Waals surface area contributed by atoms with Crippen LogP contribution >= 0.6 is 0 Å². The van der Waals surface area contributed by atoms with E-state index in [0.717, 1.165) is 25.5 Å². The zero-order valence-electron chi connectivity index (χ0n) is 27.4. The highest BCUT2D eigenvalue weighted by Crippen LogP contribution is 2.41. The van der Waals surface area contributed by atoms with E-state index in [0.29, 0.717) is 43.7 Å². The van der Waals surface area contributed by atoms with Crippen LogP contribution in [0.2, 0.25) is 0 Å². The molecule has 2 aromatic carbocycles. The molecule has 1 N–H and O–H groups in total. The molecule has 0 spiro atoms. The quantitative estimate of drug-likeness (QED) is 0.198. The van der Waals surface area contributed by atoms with E-state index < -0.39 is 29.2 Å². The first kappa shape index (κ1) is 33.2. The molecule has 6 heterocycles. The van der Waals surface area contributed by atoms with Crippen molar-refractivity contribution in [3.8, 4) is 17.3 Å². The van der Waals surface area contributed by atoms with Crippen LogP contribution in [0.15, 0.2) is 49.2 Å². The van der Waals surface area contributed by atoms with Gasteiger partial charge in [-0.05, 0) is 62.8 Å². The topological polar surface area (TPSA) is 86.7 Å². The molecule has 4 saturated heterocycles. The number of hydrogen-bond donors (Lipinski definition) is 1. The number of fused-ring (bicyclic) bond motifs is 3. The van der Waals surface area contributed by atoms with Gasteiger partial charge in [0.2, 0.25) is 5.91 Å². The third kappa shape index (κ3) is 6.18. The minimum absolute atomic E-state index is 0. The number of rotatable bonds is 7. The first-order valence-electron chi connectivity index (χ1n) is 16.8. The van der Waals surface area contributed by atoms with Gasteiger partial charge in [-0.15, -0.1) is 0 Å². The van der Waals surface area contributed by atoms with Crippen LogP contribution in [0.1, 0.15) is 33.5 Å². The van der Waals surface area contributed by atoms with Crippen LogP contribution in [0.25, 0.3) is 32.9 Å². The Morgan fingerprint density at radius 1 is 1.14 bits per heavy atom. The molecule has 4 aromatic rings. The number of halogens is 4. The molecular weight excluding hydrogens is 638 g/mol. The summed E-state index contributed by atoms with van der Waals surface area (Å²) in [4.78, 5) is 31.4. The average Bonchev–Trinajstić information content (AvgIpc) is 3.79. The molecule has 9 nitrogen and oxygen atoms in total. The molecule has 0 bridgehead atoms. The lowest BCUT2D eigenvalue weighted by Crippen LogP contribution is -2.43. The molecular formula is C36H41F4N7O2. The molecule has 8 rings (SSSR count). The van der Waals surface area contributed by atoms with Gasteiger partial charge in [0, 0.05) is 57.7 Å². The fraction of sp³-hybridized carbons (Fsp3) is 0.444. The molecule has 0 saturated carbocycles. The highest BCUT2D eigenvalue weighted by molar-refractivity contribution is 5.99. The van der Waals surface area contributed by atoms with Crippen LogP contribution in [-0.2, 0) is 4.79 Å². The van der Waals surface area contributed by atoms with E-state index in [1.165, 1.54) is 43.9 Å². The molecule has 4 fully saturated rings. The van der Waals surface area contributed by atoms with Crippen molar-refractivity contribution in [2.45, 2.75) is 49.9 Å². The number of aromatic nitrogens is 3. The van der Waals surface area contributed by atoms with Gasteiger partial charge < -0.3 is 19.9 Å². The monoisotopic (exact) mass is 679 g/mol. The molecule has 1 amide bonds. The maximum absolute atomic E-state index is 16.6. The van der Waals surface area contributed by atoms with Crippen LogP contribution in [0, 0.1) is 17.5 Å². The lowest BCUT2D eigenvalue weighted by Gasteiger charge is -2.31. The smallest absolute Gasteiger partial charge is 0.319 e. The Hall–Kier alpha value is -4.36. The zero-order valence-corrected chi connectivity index (χ0v) is 27.4. The van der Waals surface area contributed by atoms with Crippen molar-refractivity contribution < 1.29 is 28.5 Å². The number of alkyl halides is 1. The molecule has 0 radical (unpaired) electrons. The van der Waals surface area contributed by atoms with Crippen molar-refractivity contribution in [3.05, 3.63) is 66.6 Å². The fourth-order valence-electron chi connectivity index (χ4n) is 7.43. The van der Waals surface area contributed by atoms with E-state index in [-0.39, 0.29) is 53.5 Å². The predicted molar refractivity (Wildman–Crippen MR) is 182 cm³/mol.